The van der Waals surface area contributed by atoms with Gasteiger partial charge in [-0.3, -0.25) is 4.79 Å². The molecule has 3 aromatic rings. The minimum atomic E-state index is -1.02. The number of carbonyl (C=O) groups is 2. The summed E-state index contributed by atoms with van der Waals surface area (Å²) in [7, 11) is 0. The van der Waals surface area contributed by atoms with Crippen LogP contribution in [-0.2, 0) is 11.3 Å². The van der Waals surface area contributed by atoms with Crippen LogP contribution in [0, 0.1) is 0 Å². The van der Waals surface area contributed by atoms with Crippen LogP contribution in [0.1, 0.15) is 37.9 Å². The van der Waals surface area contributed by atoms with E-state index in [-0.39, 0.29) is 12.4 Å². The number of ether oxygens (including phenoxy) is 1. The third-order valence-electron chi connectivity index (χ3n) is 4.00. The third kappa shape index (κ3) is 4.05. The van der Waals surface area contributed by atoms with E-state index < -0.39 is 12.1 Å². The Labute approximate surface area is 151 Å². The maximum atomic E-state index is 12.9. The smallest absolute Gasteiger partial charge is 0.339 e. The molecule has 0 aliphatic rings. The van der Waals surface area contributed by atoms with Crippen LogP contribution in [0.2, 0.25) is 0 Å². The number of ketones is 1. The molecule has 0 aliphatic heterocycles. The molecule has 130 valence electrons. The highest BCUT2D eigenvalue weighted by Gasteiger charge is 2.26. The lowest BCUT2D eigenvalue weighted by Gasteiger charge is -2.17. The van der Waals surface area contributed by atoms with Gasteiger partial charge < -0.3 is 9.84 Å². The number of esters is 1. The van der Waals surface area contributed by atoms with Crippen molar-refractivity contribution in [3.8, 4) is 0 Å². The monoisotopic (exact) mass is 346 g/mol. The van der Waals surface area contributed by atoms with Crippen LogP contribution >= 0.6 is 0 Å². The van der Waals surface area contributed by atoms with E-state index in [0.717, 1.165) is 0 Å². The van der Waals surface area contributed by atoms with Gasteiger partial charge in [-0.05, 0) is 17.7 Å². The van der Waals surface area contributed by atoms with Crippen molar-refractivity contribution in [2.45, 2.75) is 12.7 Å². The molecule has 0 bridgehead atoms. The highest BCUT2D eigenvalue weighted by Crippen LogP contribution is 2.24. The first-order valence-corrected chi connectivity index (χ1v) is 8.24. The van der Waals surface area contributed by atoms with E-state index in [1.165, 1.54) is 0 Å². The van der Waals surface area contributed by atoms with Crippen LogP contribution in [0.25, 0.3) is 0 Å². The molecule has 0 radical (unpaired) electrons. The summed E-state index contributed by atoms with van der Waals surface area (Å²) >= 11 is 0. The Hall–Kier alpha value is -3.24. The molecular weight excluding hydrogens is 328 g/mol. The Kier molecular flexibility index (Phi) is 5.56. The second-order valence-corrected chi connectivity index (χ2v) is 5.78. The molecule has 0 amide bonds. The molecule has 0 saturated heterocycles. The predicted molar refractivity (Wildman–Crippen MR) is 97.7 cm³/mol. The lowest BCUT2D eigenvalue weighted by Crippen LogP contribution is -2.20. The molecule has 0 aliphatic carbocycles. The topological polar surface area (TPSA) is 63.6 Å². The van der Waals surface area contributed by atoms with Gasteiger partial charge in [0.05, 0.1) is 12.2 Å². The van der Waals surface area contributed by atoms with E-state index in [4.69, 9.17) is 9.84 Å². The predicted octanol–water partition coefficient (Wildman–Crippen LogP) is 3.96. The molecule has 1 N–H and O–H groups in total. The highest BCUT2D eigenvalue weighted by atomic mass is 16.5. The standard InChI is InChI=1S/C22H18O4/c23-15-16-11-13-19(14-12-16)22(25)26-21(18-9-5-2-6-10-18)20(24)17-7-3-1-4-8-17/h1-14,21,23H,15H2/t21-/m1/s1. The minimum absolute atomic E-state index is 0.103. The Bertz CT molecular complexity index is 871. The molecule has 4 heteroatoms. The number of rotatable bonds is 6. The van der Waals surface area contributed by atoms with E-state index in [9.17, 15) is 9.59 Å². The maximum Gasteiger partial charge on any atom is 0.339 e. The molecule has 4 nitrogen and oxygen atoms in total. The number of benzene rings is 3. The summed E-state index contributed by atoms with van der Waals surface area (Å²) in [5.74, 6) is -0.871. The Morgan fingerprint density at radius 2 is 1.35 bits per heavy atom. The summed E-state index contributed by atoms with van der Waals surface area (Å²) in [5, 5.41) is 9.10. The quantitative estimate of drug-likeness (QED) is 0.542. The summed E-state index contributed by atoms with van der Waals surface area (Å²) < 4.78 is 5.56. The van der Waals surface area contributed by atoms with Gasteiger partial charge in [-0.25, -0.2) is 4.79 Å². The van der Waals surface area contributed by atoms with E-state index in [1.807, 2.05) is 12.1 Å². The van der Waals surface area contributed by atoms with Crippen LogP contribution in [0.3, 0.4) is 0 Å². The number of aliphatic hydroxyl groups is 1. The fraction of sp³-hybridized carbons (Fsp3) is 0.0909. The van der Waals surface area contributed by atoms with Gasteiger partial charge in [0.1, 0.15) is 0 Å². The van der Waals surface area contributed by atoms with Gasteiger partial charge in [0, 0.05) is 11.1 Å². The van der Waals surface area contributed by atoms with Gasteiger partial charge in [0.2, 0.25) is 5.78 Å². The van der Waals surface area contributed by atoms with Gasteiger partial charge in [0.15, 0.2) is 6.10 Å². The largest absolute Gasteiger partial charge is 0.445 e. The van der Waals surface area contributed by atoms with Gasteiger partial charge >= 0.3 is 5.97 Å². The number of carbonyl (C=O) groups excluding carboxylic acids is 2. The van der Waals surface area contributed by atoms with Gasteiger partial charge in [-0.1, -0.05) is 72.8 Å². The number of hydrogen-bond donors (Lipinski definition) is 1. The summed E-state index contributed by atoms with van der Waals surface area (Å²) in [6.45, 7) is -0.103. The second kappa shape index (κ2) is 8.23. The molecule has 3 rings (SSSR count). The van der Waals surface area contributed by atoms with Crippen LogP contribution in [-0.4, -0.2) is 16.9 Å². The molecule has 1 atom stereocenters. The Morgan fingerprint density at radius 3 is 1.92 bits per heavy atom. The molecule has 0 spiro atoms. The summed E-state index contributed by atoms with van der Waals surface area (Å²) in [6, 6.07) is 24.1. The average Bonchev–Trinajstić information content (AvgIpc) is 2.72. The number of Topliss-reactive ketones (excluding diaryl/α,β-unsaturated/α-hetero) is 1. The minimum Gasteiger partial charge on any atom is -0.445 e. The van der Waals surface area contributed by atoms with E-state index >= 15 is 0 Å². The average molecular weight is 346 g/mol. The van der Waals surface area contributed by atoms with Crippen molar-refractivity contribution < 1.29 is 19.4 Å². The fourth-order valence-electron chi connectivity index (χ4n) is 2.58. The van der Waals surface area contributed by atoms with Crippen molar-refractivity contribution in [2.75, 3.05) is 0 Å². The normalized spacial score (nSPS) is 11.6. The summed E-state index contributed by atoms with van der Waals surface area (Å²) in [6.07, 6.45) is -1.02. The highest BCUT2D eigenvalue weighted by molar-refractivity contribution is 6.02. The Balaban J connectivity index is 1.88. The molecule has 0 unspecified atom stereocenters. The first kappa shape index (κ1) is 17.6. The van der Waals surface area contributed by atoms with E-state index in [2.05, 4.69) is 0 Å². The number of hydrogen-bond acceptors (Lipinski definition) is 4. The van der Waals surface area contributed by atoms with Crippen LogP contribution < -0.4 is 0 Å². The molecule has 0 saturated carbocycles. The molecule has 0 heterocycles. The summed E-state index contributed by atoms with van der Waals surface area (Å²) in [4.78, 5) is 25.4. The SMILES string of the molecule is O=C(O[C@@H](C(=O)c1ccccc1)c1ccccc1)c1ccc(CO)cc1. The van der Waals surface area contributed by atoms with Crippen LogP contribution in [0.5, 0.6) is 0 Å². The van der Waals surface area contributed by atoms with Gasteiger partial charge in [-0.2, -0.15) is 0 Å². The first-order chi connectivity index (χ1) is 12.7. The zero-order chi connectivity index (χ0) is 18.4. The van der Waals surface area contributed by atoms with Gasteiger partial charge in [-0.15, -0.1) is 0 Å². The fourth-order valence-corrected chi connectivity index (χ4v) is 2.58. The molecular formula is C22H18O4. The molecule has 0 aromatic heterocycles. The van der Waals surface area contributed by atoms with Crippen LogP contribution in [0.15, 0.2) is 84.9 Å². The van der Waals surface area contributed by atoms with Crippen molar-refractivity contribution >= 4 is 11.8 Å². The number of aliphatic hydroxyl groups excluding tert-OH is 1. The van der Waals surface area contributed by atoms with Crippen molar-refractivity contribution in [3.63, 3.8) is 0 Å². The van der Waals surface area contributed by atoms with Crippen molar-refractivity contribution in [1.82, 2.24) is 0 Å². The lowest BCUT2D eigenvalue weighted by atomic mass is 9.99. The Morgan fingerprint density at radius 1 is 0.769 bits per heavy atom. The zero-order valence-corrected chi connectivity index (χ0v) is 14.0. The van der Waals surface area contributed by atoms with Crippen molar-refractivity contribution in [3.05, 3.63) is 107 Å². The third-order valence-corrected chi connectivity index (χ3v) is 4.00. The molecule has 26 heavy (non-hydrogen) atoms. The maximum absolute atomic E-state index is 12.9. The van der Waals surface area contributed by atoms with Crippen LogP contribution in [0.4, 0.5) is 0 Å². The van der Waals surface area contributed by atoms with Crippen molar-refractivity contribution in [2.24, 2.45) is 0 Å². The van der Waals surface area contributed by atoms with Gasteiger partial charge in [0.25, 0.3) is 0 Å². The van der Waals surface area contributed by atoms with Crippen molar-refractivity contribution in [1.29, 1.82) is 0 Å². The second-order valence-electron chi connectivity index (χ2n) is 5.78. The molecule has 0 fully saturated rings. The molecule has 3 aromatic carbocycles. The summed E-state index contributed by atoms with van der Waals surface area (Å²) in [5.41, 5.74) is 2.11. The lowest BCUT2D eigenvalue weighted by molar-refractivity contribution is 0.0280. The van der Waals surface area contributed by atoms with E-state index in [1.54, 1.807) is 72.8 Å². The first-order valence-electron chi connectivity index (χ1n) is 8.24. The zero-order valence-electron chi connectivity index (χ0n) is 14.0. The van der Waals surface area contributed by atoms with E-state index in [0.29, 0.717) is 22.3 Å².